The van der Waals surface area contributed by atoms with Crippen LogP contribution in [0.4, 0.5) is 0 Å². The molecule has 0 saturated carbocycles. The summed E-state index contributed by atoms with van der Waals surface area (Å²) in [5.41, 5.74) is 0.651. The van der Waals surface area contributed by atoms with E-state index in [9.17, 15) is 0 Å². The fourth-order valence-electron chi connectivity index (χ4n) is 1.43. The van der Waals surface area contributed by atoms with E-state index in [-0.39, 0.29) is 0 Å². The van der Waals surface area contributed by atoms with Gasteiger partial charge in [0.15, 0.2) is 0 Å². The summed E-state index contributed by atoms with van der Waals surface area (Å²) in [6.07, 6.45) is 3.74. The van der Waals surface area contributed by atoms with E-state index in [2.05, 4.69) is 19.6 Å². The maximum Gasteiger partial charge on any atom is 0.138 e. The molecule has 0 radical (unpaired) electrons. The van der Waals surface area contributed by atoms with E-state index in [4.69, 9.17) is 10.00 Å². The number of allylic oxidation sites excluding steroid dienone is 1. The molecule has 2 nitrogen and oxygen atoms in total. The number of hydrogen-bond acceptors (Lipinski definition) is 3. The van der Waals surface area contributed by atoms with Crippen LogP contribution in [-0.2, 0) is 0 Å². The molecule has 0 bridgehead atoms. The molecule has 0 aliphatic heterocycles. The third kappa shape index (κ3) is 4.16. The molecule has 0 fully saturated rings. The van der Waals surface area contributed by atoms with Gasteiger partial charge in [-0.15, -0.1) is 18.3 Å². The molecule has 0 amide bonds. The Balaban J connectivity index is 2.74. The molecule has 0 aromatic heterocycles. The van der Waals surface area contributed by atoms with Gasteiger partial charge in [0.2, 0.25) is 0 Å². The summed E-state index contributed by atoms with van der Waals surface area (Å²) >= 11 is 1.67. The Hall–Kier alpha value is -1.40. The van der Waals surface area contributed by atoms with Crippen molar-refractivity contribution < 1.29 is 4.74 Å². The molecule has 0 atom stereocenters. The quantitative estimate of drug-likeness (QED) is 0.414. The molecular formula is C14H17NOS. The van der Waals surface area contributed by atoms with Gasteiger partial charge in [-0.3, -0.25) is 0 Å². The van der Waals surface area contributed by atoms with E-state index in [1.165, 1.54) is 0 Å². The second kappa shape index (κ2) is 7.81. The topological polar surface area (TPSA) is 33.0 Å². The van der Waals surface area contributed by atoms with Crippen LogP contribution in [0.2, 0.25) is 0 Å². The summed E-state index contributed by atoms with van der Waals surface area (Å²) in [5.74, 6) is 1.64. The first kappa shape index (κ1) is 13.7. The van der Waals surface area contributed by atoms with Crippen LogP contribution in [-0.4, -0.2) is 12.4 Å². The highest BCUT2D eigenvalue weighted by molar-refractivity contribution is 7.99. The number of nitrogens with zero attached hydrogens (tertiary/aromatic N) is 1. The van der Waals surface area contributed by atoms with Crippen LogP contribution in [0.5, 0.6) is 5.75 Å². The van der Waals surface area contributed by atoms with Crippen molar-refractivity contribution in [3.05, 3.63) is 36.4 Å². The van der Waals surface area contributed by atoms with Gasteiger partial charge in [0.25, 0.3) is 0 Å². The minimum Gasteiger partial charge on any atom is -0.492 e. The van der Waals surface area contributed by atoms with E-state index >= 15 is 0 Å². The first-order valence-electron chi connectivity index (χ1n) is 5.73. The molecular weight excluding hydrogens is 230 g/mol. The van der Waals surface area contributed by atoms with Crippen molar-refractivity contribution in [1.82, 2.24) is 0 Å². The lowest BCUT2D eigenvalue weighted by Gasteiger charge is -2.09. The highest BCUT2D eigenvalue weighted by Crippen LogP contribution is 2.29. The van der Waals surface area contributed by atoms with Crippen molar-refractivity contribution in [1.29, 1.82) is 5.26 Å². The van der Waals surface area contributed by atoms with Gasteiger partial charge in [-0.1, -0.05) is 19.1 Å². The SMILES string of the molecule is C=CCCCOc1cccc(SCC)c1C#N. The van der Waals surface area contributed by atoms with Crippen LogP contribution in [0.3, 0.4) is 0 Å². The molecule has 1 rings (SSSR count). The monoisotopic (exact) mass is 247 g/mol. The summed E-state index contributed by atoms with van der Waals surface area (Å²) in [5, 5.41) is 9.17. The molecule has 3 heteroatoms. The summed E-state index contributed by atoms with van der Waals surface area (Å²) in [4.78, 5) is 0.997. The lowest BCUT2D eigenvalue weighted by Crippen LogP contribution is -1.99. The largest absolute Gasteiger partial charge is 0.492 e. The Labute approximate surface area is 107 Å². The van der Waals surface area contributed by atoms with Crippen LogP contribution in [0, 0.1) is 11.3 Å². The molecule has 0 unspecified atom stereocenters. The van der Waals surface area contributed by atoms with E-state index in [0.717, 1.165) is 23.5 Å². The maximum absolute atomic E-state index is 9.17. The summed E-state index contributed by atoms with van der Waals surface area (Å²) in [6, 6.07) is 7.97. The zero-order valence-corrected chi connectivity index (χ0v) is 10.9. The molecule has 1 aromatic carbocycles. The summed E-state index contributed by atoms with van der Waals surface area (Å²) in [6.45, 7) is 6.36. The molecule has 0 N–H and O–H groups in total. The number of nitriles is 1. The average Bonchev–Trinajstić information content (AvgIpc) is 2.35. The average molecular weight is 247 g/mol. The number of benzene rings is 1. The van der Waals surface area contributed by atoms with E-state index < -0.39 is 0 Å². The number of unbranched alkanes of at least 4 members (excludes halogenated alkanes) is 1. The number of thioether (sulfide) groups is 1. The molecule has 0 aliphatic carbocycles. The van der Waals surface area contributed by atoms with E-state index in [1.807, 2.05) is 24.3 Å². The van der Waals surface area contributed by atoms with E-state index in [1.54, 1.807) is 11.8 Å². The Morgan fingerprint density at radius 3 is 3.00 bits per heavy atom. The van der Waals surface area contributed by atoms with Gasteiger partial charge in [0, 0.05) is 4.90 Å². The zero-order valence-electron chi connectivity index (χ0n) is 10.1. The van der Waals surface area contributed by atoms with Gasteiger partial charge < -0.3 is 4.74 Å². The number of rotatable bonds is 7. The predicted octanol–water partition coefficient (Wildman–Crippen LogP) is 4.02. The van der Waals surface area contributed by atoms with Crippen molar-refractivity contribution in [3.63, 3.8) is 0 Å². The summed E-state index contributed by atoms with van der Waals surface area (Å²) < 4.78 is 5.63. The molecule has 1 aromatic rings. The lowest BCUT2D eigenvalue weighted by molar-refractivity contribution is 0.310. The van der Waals surface area contributed by atoms with Crippen LogP contribution in [0.25, 0.3) is 0 Å². The molecule has 0 spiro atoms. The highest BCUT2D eigenvalue weighted by atomic mass is 32.2. The smallest absolute Gasteiger partial charge is 0.138 e. The Kier molecular flexibility index (Phi) is 6.27. The molecule has 0 heterocycles. The van der Waals surface area contributed by atoms with Gasteiger partial charge in [0.1, 0.15) is 17.4 Å². The fourth-order valence-corrected chi connectivity index (χ4v) is 2.20. The lowest BCUT2D eigenvalue weighted by atomic mass is 10.2. The van der Waals surface area contributed by atoms with Crippen molar-refractivity contribution in [2.75, 3.05) is 12.4 Å². The first-order chi connectivity index (χ1) is 8.33. The van der Waals surface area contributed by atoms with Gasteiger partial charge in [-0.05, 0) is 30.7 Å². The van der Waals surface area contributed by atoms with Crippen molar-refractivity contribution >= 4 is 11.8 Å². The van der Waals surface area contributed by atoms with Crippen LogP contribution in [0.15, 0.2) is 35.7 Å². The van der Waals surface area contributed by atoms with Crippen LogP contribution in [0.1, 0.15) is 25.3 Å². The van der Waals surface area contributed by atoms with Gasteiger partial charge >= 0.3 is 0 Å². The number of hydrogen-bond donors (Lipinski definition) is 0. The fraction of sp³-hybridized carbons (Fsp3) is 0.357. The highest BCUT2D eigenvalue weighted by Gasteiger charge is 2.08. The zero-order chi connectivity index (χ0) is 12.5. The third-order valence-corrected chi connectivity index (χ3v) is 3.15. The van der Waals surface area contributed by atoms with E-state index in [0.29, 0.717) is 17.9 Å². The van der Waals surface area contributed by atoms with Gasteiger partial charge in [0.05, 0.1) is 6.61 Å². The Bertz CT molecular complexity index is 409. The van der Waals surface area contributed by atoms with Crippen LogP contribution >= 0.6 is 11.8 Å². The molecule has 90 valence electrons. The van der Waals surface area contributed by atoms with Gasteiger partial charge in [-0.25, -0.2) is 0 Å². The van der Waals surface area contributed by atoms with Crippen LogP contribution < -0.4 is 4.74 Å². The first-order valence-corrected chi connectivity index (χ1v) is 6.71. The summed E-state index contributed by atoms with van der Waals surface area (Å²) in [7, 11) is 0. The Morgan fingerprint density at radius 1 is 1.53 bits per heavy atom. The minimum atomic E-state index is 0.626. The third-order valence-electron chi connectivity index (χ3n) is 2.21. The van der Waals surface area contributed by atoms with Crippen molar-refractivity contribution in [2.45, 2.75) is 24.7 Å². The second-order valence-corrected chi connectivity index (χ2v) is 4.76. The van der Waals surface area contributed by atoms with Crippen molar-refractivity contribution in [2.24, 2.45) is 0 Å². The van der Waals surface area contributed by atoms with Gasteiger partial charge in [-0.2, -0.15) is 5.26 Å². The molecule has 17 heavy (non-hydrogen) atoms. The maximum atomic E-state index is 9.17. The second-order valence-electron chi connectivity index (χ2n) is 3.45. The van der Waals surface area contributed by atoms with Crippen molar-refractivity contribution in [3.8, 4) is 11.8 Å². The number of ether oxygens (including phenoxy) is 1. The predicted molar refractivity (Wildman–Crippen MR) is 72.5 cm³/mol. The normalized spacial score (nSPS) is 9.65. The molecule has 0 saturated heterocycles. The molecule has 0 aliphatic rings. The minimum absolute atomic E-state index is 0.626. The Morgan fingerprint density at radius 2 is 2.35 bits per heavy atom. The standard InChI is InChI=1S/C14H17NOS/c1-3-5-6-10-16-13-8-7-9-14(17-4-2)12(13)11-15/h3,7-9H,1,4-6,10H2,2H3.